The number of ether oxygens (including phenoxy) is 1. The number of nitrogens with zero attached hydrogens (tertiary/aromatic N) is 1. The van der Waals surface area contributed by atoms with Crippen molar-refractivity contribution in [3.63, 3.8) is 0 Å². The summed E-state index contributed by atoms with van der Waals surface area (Å²) in [5.41, 5.74) is 0. The van der Waals surface area contributed by atoms with Crippen LogP contribution in [0, 0.1) is 6.92 Å². The Labute approximate surface area is 99.1 Å². The van der Waals surface area contributed by atoms with Crippen LogP contribution in [0.1, 0.15) is 9.88 Å². The number of methoxy groups -OCH3 is 1. The van der Waals surface area contributed by atoms with E-state index >= 15 is 0 Å². The highest BCUT2D eigenvalue weighted by molar-refractivity contribution is 7.80. The lowest BCUT2D eigenvalue weighted by molar-refractivity contribution is 0.204. The number of hydrogen-bond donors (Lipinski definition) is 2. The van der Waals surface area contributed by atoms with Crippen molar-refractivity contribution < 1.29 is 4.74 Å². The van der Waals surface area contributed by atoms with Gasteiger partial charge in [0.05, 0.1) is 18.2 Å². The molecule has 1 rings (SSSR count). The first-order chi connectivity index (χ1) is 7.22. The number of thiazole rings is 1. The Morgan fingerprint density at radius 2 is 2.40 bits per heavy atom. The number of nitrogens with one attached hydrogen (secondary N) is 2. The zero-order valence-corrected chi connectivity index (χ0v) is 10.5. The summed E-state index contributed by atoms with van der Waals surface area (Å²) in [4.78, 5) is 5.35. The molecule has 0 aliphatic rings. The zero-order chi connectivity index (χ0) is 11.1. The standard InChI is InChI=1S/C9H15N3OS2/c1-7-11-5-8(15-7)6-12-9(14)10-3-4-13-2/h5H,3-4,6H2,1-2H3,(H2,10,12,14). The average molecular weight is 245 g/mol. The predicted octanol–water partition coefficient (Wildman–Crippen LogP) is 1.06. The van der Waals surface area contributed by atoms with E-state index in [0.717, 1.165) is 18.1 Å². The van der Waals surface area contributed by atoms with E-state index < -0.39 is 0 Å². The van der Waals surface area contributed by atoms with Crippen LogP contribution in [0.15, 0.2) is 6.20 Å². The topological polar surface area (TPSA) is 46.2 Å². The summed E-state index contributed by atoms with van der Waals surface area (Å²) in [6.07, 6.45) is 1.87. The molecule has 0 amide bonds. The summed E-state index contributed by atoms with van der Waals surface area (Å²) in [6, 6.07) is 0. The molecule has 0 aromatic carbocycles. The Morgan fingerprint density at radius 3 is 3.00 bits per heavy atom. The third-order valence-corrected chi connectivity index (χ3v) is 2.89. The highest BCUT2D eigenvalue weighted by Gasteiger charge is 1.99. The van der Waals surface area contributed by atoms with Crippen molar-refractivity contribution >= 4 is 28.7 Å². The molecule has 0 bridgehead atoms. The number of rotatable bonds is 5. The Kier molecular flexibility index (Phi) is 5.52. The Hall–Kier alpha value is -0.720. The van der Waals surface area contributed by atoms with E-state index in [-0.39, 0.29) is 0 Å². The second-order valence-corrected chi connectivity index (χ2v) is 4.68. The van der Waals surface area contributed by atoms with Gasteiger partial charge in [-0.15, -0.1) is 11.3 Å². The Morgan fingerprint density at radius 1 is 1.60 bits per heavy atom. The maximum absolute atomic E-state index is 5.08. The molecule has 0 saturated heterocycles. The minimum absolute atomic E-state index is 0.651. The normalized spacial score (nSPS) is 10.0. The quantitative estimate of drug-likeness (QED) is 0.600. The second-order valence-electron chi connectivity index (χ2n) is 2.95. The van der Waals surface area contributed by atoms with Gasteiger partial charge in [-0.05, 0) is 19.1 Å². The monoisotopic (exact) mass is 245 g/mol. The number of hydrogen-bond acceptors (Lipinski definition) is 4. The number of aromatic nitrogens is 1. The molecule has 4 nitrogen and oxygen atoms in total. The fourth-order valence-electron chi connectivity index (χ4n) is 0.984. The molecule has 0 aliphatic heterocycles. The average Bonchev–Trinajstić information content (AvgIpc) is 2.62. The van der Waals surface area contributed by atoms with E-state index in [1.807, 2.05) is 13.1 Å². The first-order valence-corrected chi connectivity index (χ1v) is 5.87. The fraction of sp³-hybridized carbons (Fsp3) is 0.556. The van der Waals surface area contributed by atoms with Crippen molar-refractivity contribution in [2.75, 3.05) is 20.3 Å². The SMILES string of the molecule is COCCNC(=S)NCc1cnc(C)s1. The van der Waals surface area contributed by atoms with Crippen LogP contribution in [0.2, 0.25) is 0 Å². The summed E-state index contributed by atoms with van der Waals surface area (Å²) >= 11 is 6.75. The van der Waals surface area contributed by atoms with Crippen LogP contribution in [0.3, 0.4) is 0 Å². The summed E-state index contributed by atoms with van der Waals surface area (Å²) in [5.74, 6) is 0. The minimum atomic E-state index is 0.651. The van der Waals surface area contributed by atoms with Gasteiger partial charge < -0.3 is 15.4 Å². The van der Waals surface area contributed by atoms with E-state index in [0.29, 0.717) is 11.7 Å². The van der Waals surface area contributed by atoms with Crippen molar-refractivity contribution in [1.82, 2.24) is 15.6 Å². The molecule has 0 saturated carbocycles. The lowest BCUT2D eigenvalue weighted by Crippen LogP contribution is -2.36. The lowest BCUT2D eigenvalue weighted by atomic mass is 10.5. The Balaban J connectivity index is 2.16. The smallest absolute Gasteiger partial charge is 0.166 e. The van der Waals surface area contributed by atoms with Crippen LogP contribution in [0.5, 0.6) is 0 Å². The van der Waals surface area contributed by atoms with Gasteiger partial charge in [0.15, 0.2) is 5.11 Å². The van der Waals surface area contributed by atoms with Crippen molar-refractivity contribution in [3.8, 4) is 0 Å². The van der Waals surface area contributed by atoms with Gasteiger partial charge in [0, 0.05) is 24.7 Å². The third-order valence-electron chi connectivity index (χ3n) is 1.68. The fourth-order valence-corrected chi connectivity index (χ4v) is 1.89. The number of aryl methyl sites for hydroxylation is 1. The first-order valence-electron chi connectivity index (χ1n) is 4.64. The summed E-state index contributed by atoms with van der Waals surface area (Å²) in [5, 5.41) is 7.87. The Bertz CT molecular complexity index is 314. The van der Waals surface area contributed by atoms with Crippen LogP contribution >= 0.6 is 23.6 Å². The van der Waals surface area contributed by atoms with Gasteiger partial charge in [0.2, 0.25) is 0 Å². The second kappa shape index (κ2) is 6.71. The van der Waals surface area contributed by atoms with Gasteiger partial charge in [0.25, 0.3) is 0 Å². The van der Waals surface area contributed by atoms with E-state index in [1.165, 1.54) is 4.88 Å². The summed E-state index contributed by atoms with van der Waals surface area (Å²) < 4.78 is 4.90. The molecule has 0 fully saturated rings. The van der Waals surface area contributed by atoms with E-state index in [4.69, 9.17) is 17.0 Å². The molecule has 6 heteroatoms. The molecular weight excluding hydrogens is 230 g/mol. The molecule has 1 aromatic rings. The molecule has 84 valence electrons. The van der Waals surface area contributed by atoms with Crippen molar-refractivity contribution in [2.24, 2.45) is 0 Å². The first kappa shape index (κ1) is 12.4. The van der Waals surface area contributed by atoms with Crippen LogP contribution in [0.25, 0.3) is 0 Å². The zero-order valence-electron chi connectivity index (χ0n) is 8.87. The third kappa shape index (κ3) is 5.06. The molecule has 15 heavy (non-hydrogen) atoms. The van der Waals surface area contributed by atoms with E-state index in [2.05, 4.69) is 15.6 Å². The molecule has 0 atom stereocenters. The van der Waals surface area contributed by atoms with Gasteiger partial charge in [0.1, 0.15) is 0 Å². The predicted molar refractivity (Wildman–Crippen MR) is 66.2 cm³/mol. The molecule has 0 unspecified atom stereocenters. The molecule has 0 spiro atoms. The highest BCUT2D eigenvalue weighted by Crippen LogP contribution is 2.10. The molecule has 2 N–H and O–H groups in total. The molecule has 0 radical (unpaired) electrons. The van der Waals surface area contributed by atoms with Gasteiger partial charge in [-0.2, -0.15) is 0 Å². The van der Waals surface area contributed by atoms with Crippen LogP contribution in [-0.4, -0.2) is 30.4 Å². The van der Waals surface area contributed by atoms with Gasteiger partial charge in [-0.1, -0.05) is 0 Å². The van der Waals surface area contributed by atoms with Crippen LogP contribution < -0.4 is 10.6 Å². The number of thiocarbonyl (C=S) groups is 1. The van der Waals surface area contributed by atoms with Crippen LogP contribution in [0.4, 0.5) is 0 Å². The highest BCUT2D eigenvalue weighted by atomic mass is 32.1. The minimum Gasteiger partial charge on any atom is -0.383 e. The van der Waals surface area contributed by atoms with Gasteiger partial charge in [-0.25, -0.2) is 4.98 Å². The van der Waals surface area contributed by atoms with Crippen LogP contribution in [-0.2, 0) is 11.3 Å². The molecule has 0 aliphatic carbocycles. The summed E-state index contributed by atoms with van der Waals surface area (Å²) in [7, 11) is 1.66. The molecule has 1 heterocycles. The van der Waals surface area contributed by atoms with Crippen molar-refractivity contribution in [3.05, 3.63) is 16.1 Å². The van der Waals surface area contributed by atoms with Gasteiger partial charge in [-0.3, -0.25) is 0 Å². The van der Waals surface area contributed by atoms with E-state index in [1.54, 1.807) is 18.4 Å². The largest absolute Gasteiger partial charge is 0.383 e. The van der Waals surface area contributed by atoms with Crippen molar-refractivity contribution in [1.29, 1.82) is 0 Å². The molecule has 1 aromatic heterocycles. The summed E-state index contributed by atoms with van der Waals surface area (Å²) in [6.45, 7) is 4.10. The lowest BCUT2D eigenvalue weighted by Gasteiger charge is -2.08. The maximum atomic E-state index is 5.08. The maximum Gasteiger partial charge on any atom is 0.166 e. The molecular formula is C9H15N3OS2. The van der Waals surface area contributed by atoms with E-state index in [9.17, 15) is 0 Å². The van der Waals surface area contributed by atoms with Gasteiger partial charge >= 0.3 is 0 Å². The van der Waals surface area contributed by atoms with Crippen molar-refractivity contribution in [2.45, 2.75) is 13.5 Å².